The first kappa shape index (κ1) is 25.5. The van der Waals surface area contributed by atoms with Crippen LogP contribution in [0.1, 0.15) is 36.7 Å². The number of non-ortho nitro benzene ring substituents is 1. The number of nitro groups is 1. The van der Waals surface area contributed by atoms with Crippen molar-refractivity contribution in [3.8, 4) is 5.75 Å². The third-order valence-corrected chi connectivity index (χ3v) is 6.21. The first-order valence-corrected chi connectivity index (χ1v) is 12.4. The van der Waals surface area contributed by atoms with Crippen molar-refractivity contribution in [1.82, 2.24) is 9.66 Å². The van der Waals surface area contributed by atoms with Crippen LogP contribution in [0, 0.1) is 10.1 Å². The average Bonchev–Trinajstić information content (AvgIpc) is 2.87. The SMILES string of the molecule is CCCCc1nc2ccc(Br)cc2c(=O)n1N=Cc1ccc(OCc2cccc([N+](=O)[O-])c2)c(Cl)c1. The summed E-state index contributed by atoms with van der Waals surface area (Å²) in [5, 5.41) is 16.2. The number of nitrogens with zero attached hydrogens (tertiary/aromatic N) is 4. The molecule has 0 saturated heterocycles. The molecule has 0 fully saturated rings. The summed E-state index contributed by atoms with van der Waals surface area (Å²) in [6, 6.07) is 16.8. The molecule has 0 bridgehead atoms. The second-order valence-corrected chi connectivity index (χ2v) is 9.38. The van der Waals surface area contributed by atoms with Gasteiger partial charge in [-0.25, -0.2) is 4.98 Å². The minimum atomic E-state index is -0.451. The van der Waals surface area contributed by atoms with Gasteiger partial charge in [0, 0.05) is 23.0 Å². The first-order valence-electron chi connectivity index (χ1n) is 11.3. The van der Waals surface area contributed by atoms with Crippen molar-refractivity contribution in [2.24, 2.45) is 5.10 Å². The molecule has 36 heavy (non-hydrogen) atoms. The van der Waals surface area contributed by atoms with E-state index in [0.717, 1.165) is 17.3 Å². The predicted molar refractivity (Wildman–Crippen MR) is 144 cm³/mol. The van der Waals surface area contributed by atoms with E-state index in [1.54, 1.807) is 42.6 Å². The summed E-state index contributed by atoms with van der Waals surface area (Å²) in [7, 11) is 0. The molecule has 4 rings (SSSR count). The summed E-state index contributed by atoms with van der Waals surface area (Å²) in [6.45, 7) is 2.21. The van der Waals surface area contributed by atoms with Crippen LogP contribution < -0.4 is 10.3 Å². The molecule has 0 saturated carbocycles. The maximum absolute atomic E-state index is 13.2. The molecule has 0 amide bonds. The van der Waals surface area contributed by atoms with E-state index in [1.807, 2.05) is 12.1 Å². The molecular formula is C26H22BrClN4O4. The highest BCUT2D eigenvalue weighted by Gasteiger charge is 2.11. The van der Waals surface area contributed by atoms with E-state index in [-0.39, 0.29) is 17.9 Å². The van der Waals surface area contributed by atoms with E-state index in [1.165, 1.54) is 16.8 Å². The summed E-state index contributed by atoms with van der Waals surface area (Å²) in [4.78, 5) is 28.4. The fraction of sp³-hybridized carbons (Fsp3) is 0.192. The van der Waals surface area contributed by atoms with Crippen LogP contribution in [0.15, 0.2) is 75.0 Å². The zero-order valence-corrected chi connectivity index (χ0v) is 21.7. The van der Waals surface area contributed by atoms with Crippen molar-refractivity contribution < 1.29 is 9.66 Å². The van der Waals surface area contributed by atoms with Gasteiger partial charge < -0.3 is 4.74 Å². The predicted octanol–water partition coefficient (Wildman–Crippen LogP) is 6.52. The Balaban J connectivity index is 1.57. The van der Waals surface area contributed by atoms with Gasteiger partial charge in [0.2, 0.25) is 0 Å². The fourth-order valence-corrected chi connectivity index (χ4v) is 4.17. The van der Waals surface area contributed by atoms with Crippen molar-refractivity contribution in [1.29, 1.82) is 0 Å². The van der Waals surface area contributed by atoms with Gasteiger partial charge in [-0.2, -0.15) is 9.78 Å². The molecule has 0 unspecified atom stereocenters. The molecule has 0 atom stereocenters. The highest BCUT2D eigenvalue weighted by atomic mass is 79.9. The molecule has 0 aliphatic heterocycles. The standard InChI is InChI=1S/C26H22BrClN4O4/c1-2-3-7-25-30-23-10-9-19(27)14-21(23)26(33)31(25)29-15-17-8-11-24(22(28)13-17)36-16-18-5-4-6-20(12-18)32(34)35/h4-6,8-15H,2-3,7,16H2,1H3. The molecule has 184 valence electrons. The zero-order valence-electron chi connectivity index (χ0n) is 19.4. The van der Waals surface area contributed by atoms with Crippen LogP contribution >= 0.6 is 27.5 Å². The number of ether oxygens (including phenoxy) is 1. The summed E-state index contributed by atoms with van der Waals surface area (Å²) in [5.74, 6) is 1.02. The molecule has 0 aliphatic carbocycles. The van der Waals surface area contributed by atoms with Gasteiger partial charge in [0.25, 0.3) is 11.2 Å². The second-order valence-electron chi connectivity index (χ2n) is 8.06. The Kier molecular flexibility index (Phi) is 8.12. The number of unbranched alkanes of at least 4 members (excludes halogenated alkanes) is 1. The molecule has 0 radical (unpaired) electrons. The molecule has 10 heteroatoms. The van der Waals surface area contributed by atoms with Gasteiger partial charge in [-0.3, -0.25) is 14.9 Å². The number of aryl methyl sites for hydroxylation is 1. The zero-order chi connectivity index (χ0) is 25.7. The Morgan fingerprint density at radius 3 is 2.78 bits per heavy atom. The summed E-state index contributed by atoms with van der Waals surface area (Å²) in [5.41, 5.74) is 1.71. The Labute approximate surface area is 220 Å². The third kappa shape index (κ3) is 5.98. The Morgan fingerprint density at radius 1 is 1.19 bits per heavy atom. The maximum Gasteiger partial charge on any atom is 0.282 e. The smallest absolute Gasteiger partial charge is 0.282 e. The van der Waals surface area contributed by atoms with Crippen LogP contribution in [-0.2, 0) is 13.0 Å². The molecule has 1 aromatic heterocycles. The number of rotatable bonds is 9. The summed E-state index contributed by atoms with van der Waals surface area (Å²) >= 11 is 9.81. The van der Waals surface area contributed by atoms with Gasteiger partial charge in [-0.15, -0.1) is 0 Å². The van der Waals surface area contributed by atoms with Crippen LogP contribution in [-0.4, -0.2) is 20.8 Å². The van der Waals surface area contributed by atoms with E-state index in [0.29, 0.717) is 45.0 Å². The number of nitro benzene ring substituents is 1. The van der Waals surface area contributed by atoms with Crippen molar-refractivity contribution in [3.05, 3.63) is 108 Å². The quantitative estimate of drug-likeness (QED) is 0.130. The second kappa shape index (κ2) is 11.5. The number of hydrogen-bond donors (Lipinski definition) is 0. The van der Waals surface area contributed by atoms with Crippen LogP contribution in [0.3, 0.4) is 0 Å². The summed E-state index contributed by atoms with van der Waals surface area (Å²) in [6.07, 6.45) is 4.02. The van der Waals surface area contributed by atoms with Crippen molar-refractivity contribution >= 4 is 50.3 Å². The highest BCUT2D eigenvalue weighted by Crippen LogP contribution is 2.26. The van der Waals surface area contributed by atoms with Gasteiger partial charge in [-0.05, 0) is 53.9 Å². The molecule has 1 heterocycles. The Bertz CT molecular complexity index is 1520. The number of fused-ring (bicyclic) bond motifs is 1. The van der Waals surface area contributed by atoms with Crippen LogP contribution in [0.2, 0.25) is 5.02 Å². The topological polar surface area (TPSA) is 99.6 Å². The Morgan fingerprint density at radius 2 is 2.03 bits per heavy atom. The number of halogens is 2. The Hall–Kier alpha value is -3.56. The number of hydrogen-bond acceptors (Lipinski definition) is 6. The molecule has 4 aromatic rings. The first-order chi connectivity index (χ1) is 17.4. The lowest BCUT2D eigenvalue weighted by atomic mass is 10.2. The number of benzene rings is 3. The minimum absolute atomic E-state index is 0.00200. The van der Waals surface area contributed by atoms with E-state index >= 15 is 0 Å². The van der Waals surface area contributed by atoms with E-state index < -0.39 is 4.92 Å². The maximum atomic E-state index is 13.2. The fourth-order valence-electron chi connectivity index (χ4n) is 3.57. The van der Waals surface area contributed by atoms with Gasteiger partial charge in [0.05, 0.1) is 27.1 Å². The molecule has 0 spiro atoms. The minimum Gasteiger partial charge on any atom is -0.487 e. The lowest BCUT2D eigenvalue weighted by molar-refractivity contribution is -0.384. The molecule has 0 N–H and O–H groups in total. The third-order valence-electron chi connectivity index (χ3n) is 5.42. The van der Waals surface area contributed by atoms with Crippen molar-refractivity contribution in [2.75, 3.05) is 0 Å². The highest BCUT2D eigenvalue weighted by molar-refractivity contribution is 9.10. The molecule has 8 nitrogen and oxygen atoms in total. The van der Waals surface area contributed by atoms with Gasteiger partial charge >= 0.3 is 0 Å². The molecular weight excluding hydrogens is 548 g/mol. The van der Waals surface area contributed by atoms with Crippen LogP contribution in [0.5, 0.6) is 5.75 Å². The number of aromatic nitrogens is 2. The lowest BCUT2D eigenvalue weighted by Crippen LogP contribution is -2.22. The monoisotopic (exact) mass is 568 g/mol. The van der Waals surface area contributed by atoms with Gasteiger partial charge in [-0.1, -0.05) is 53.0 Å². The van der Waals surface area contributed by atoms with Crippen molar-refractivity contribution in [3.63, 3.8) is 0 Å². The van der Waals surface area contributed by atoms with Crippen molar-refractivity contribution in [2.45, 2.75) is 32.8 Å². The largest absolute Gasteiger partial charge is 0.487 e. The van der Waals surface area contributed by atoms with E-state index in [9.17, 15) is 14.9 Å². The van der Waals surface area contributed by atoms with Crippen LogP contribution in [0.25, 0.3) is 10.9 Å². The summed E-state index contributed by atoms with van der Waals surface area (Å²) < 4.78 is 7.88. The lowest BCUT2D eigenvalue weighted by Gasteiger charge is -2.10. The van der Waals surface area contributed by atoms with Gasteiger partial charge in [0.15, 0.2) is 0 Å². The normalized spacial score (nSPS) is 11.3. The molecule has 0 aliphatic rings. The van der Waals surface area contributed by atoms with Gasteiger partial charge in [0.1, 0.15) is 18.2 Å². The van der Waals surface area contributed by atoms with Crippen LogP contribution in [0.4, 0.5) is 5.69 Å². The van der Waals surface area contributed by atoms with E-state index in [2.05, 4.69) is 32.9 Å². The average molecular weight is 570 g/mol. The van der Waals surface area contributed by atoms with E-state index in [4.69, 9.17) is 16.3 Å². The molecule has 3 aromatic carbocycles.